The van der Waals surface area contributed by atoms with Crippen LogP contribution in [0.2, 0.25) is 5.15 Å². The van der Waals surface area contributed by atoms with E-state index in [0.717, 1.165) is 6.07 Å². The number of nitrogens with one attached hydrogen (secondary N) is 2. The van der Waals surface area contributed by atoms with Gasteiger partial charge in [-0.1, -0.05) is 11.6 Å². The predicted octanol–water partition coefficient (Wildman–Crippen LogP) is 2.99. The molecule has 0 fully saturated rings. The summed E-state index contributed by atoms with van der Waals surface area (Å²) < 4.78 is 15.3. The number of halogens is 2. The summed E-state index contributed by atoms with van der Waals surface area (Å²) in [7, 11) is 1.47. The first-order valence-electron chi connectivity index (χ1n) is 8.66. The quantitative estimate of drug-likeness (QED) is 0.540. The highest BCUT2D eigenvalue weighted by atomic mass is 35.5. The van der Waals surface area contributed by atoms with Gasteiger partial charge in [-0.15, -0.1) is 0 Å². The Balaban J connectivity index is 1.72. The van der Waals surface area contributed by atoms with Crippen LogP contribution in [0.1, 0.15) is 15.9 Å². The molecule has 0 aliphatic rings. The van der Waals surface area contributed by atoms with E-state index in [2.05, 4.69) is 20.5 Å². The van der Waals surface area contributed by atoms with Gasteiger partial charge in [0.15, 0.2) is 5.15 Å². The number of fused-ring (bicyclic) bond motifs is 1. The fraction of sp³-hybridized carbons (Fsp3) is 0.100. The second-order valence-electron chi connectivity index (χ2n) is 6.42. The van der Waals surface area contributed by atoms with Crippen molar-refractivity contribution >= 4 is 28.3 Å². The highest BCUT2D eigenvalue weighted by Gasteiger charge is 2.12. The molecule has 0 radical (unpaired) electrons. The molecule has 3 aromatic heterocycles. The molecule has 1 aromatic carbocycles. The lowest BCUT2D eigenvalue weighted by Crippen LogP contribution is -2.21. The van der Waals surface area contributed by atoms with Crippen molar-refractivity contribution in [1.82, 2.24) is 25.1 Å². The van der Waals surface area contributed by atoms with Gasteiger partial charge in [-0.05, 0) is 41.3 Å². The Morgan fingerprint density at radius 1 is 1.31 bits per heavy atom. The van der Waals surface area contributed by atoms with Crippen molar-refractivity contribution in [2.75, 3.05) is 7.05 Å². The van der Waals surface area contributed by atoms with Gasteiger partial charge in [-0.3, -0.25) is 19.7 Å². The first-order valence-corrected chi connectivity index (χ1v) is 9.04. The van der Waals surface area contributed by atoms with Crippen LogP contribution in [-0.2, 0) is 6.54 Å². The van der Waals surface area contributed by atoms with Gasteiger partial charge in [-0.2, -0.15) is 5.10 Å². The summed E-state index contributed by atoms with van der Waals surface area (Å²) in [4.78, 5) is 29.0. The zero-order chi connectivity index (χ0) is 20.5. The number of hydrogen-bond acceptors (Lipinski definition) is 4. The topological polar surface area (TPSA) is 92.7 Å². The Hall–Kier alpha value is -3.52. The molecule has 146 valence electrons. The van der Waals surface area contributed by atoms with E-state index in [4.69, 9.17) is 11.6 Å². The molecule has 0 atom stereocenters. The molecule has 0 saturated carbocycles. The van der Waals surface area contributed by atoms with Crippen LogP contribution in [0, 0.1) is 5.82 Å². The lowest BCUT2D eigenvalue weighted by atomic mass is 10.1. The molecule has 2 N–H and O–H groups in total. The molecule has 7 nitrogen and oxygen atoms in total. The number of benzene rings is 1. The van der Waals surface area contributed by atoms with Crippen LogP contribution in [-0.4, -0.2) is 32.7 Å². The summed E-state index contributed by atoms with van der Waals surface area (Å²) in [6, 6.07) is 7.53. The number of nitrogens with zero attached hydrogens (tertiary/aromatic N) is 3. The Labute approximate surface area is 169 Å². The third-order valence-corrected chi connectivity index (χ3v) is 4.82. The van der Waals surface area contributed by atoms with E-state index in [1.165, 1.54) is 23.9 Å². The summed E-state index contributed by atoms with van der Waals surface area (Å²) in [5.41, 5.74) is 1.65. The Kier molecular flexibility index (Phi) is 4.85. The standard InChI is InChI=1S/C20H15ClFN5O2/c1-23-19(28)13-4-11(5-14(22)6-13)10-27-3-2-12-7-17(16-9-25-26-18(16)21)24-8-15(12)20(27)29/h2-9H,10H2,1H3,(H,23,28)(H,25,26). The largest absolute Gasteiger partial charge is 0.355 e. The number of aromatic amines is 1. The molecule has 3 heterocycles. The van der Waals surface area contributed by atoms with E-state index in [-0.39, 0.29) is 17.7 Å². The molecule has 0 aliphatic heterocycles. The van der Waals surface area contributed by atoms with E-state index in [0.29, 0.717) is 32.7 Å². The van der Waals surface area contributed by atoms with Crippen LogP contribution in [0.15, 0.2) is 53.7 Å². The molecule has 0 aliphatic carbocycles. The van der Waals surface area contributed by atoms with E-state index in [1.807, 2.05) is 0 Å². The number of hydrogen-bond donors (Lipinski definition) is 2. The van der Waals surface area contributed by atoms with Crippen LogP contribution in [0.25, 0.3) is 22.0 Å². The molecule has 4 aromatic rings. The minimum atomic E-state index is -0.543. The number of pyridine rings is 2. The summed E-state index contributed by atoms with van der Waals surface area (Å²) in [5, 5.41) is 10.4. The van der Waals surface area contributed by atoms with Crippen molar-refractivity contribution in [3.8, 4) is 11.3 Å². The minimum absolute atomic E-state index is 0.117. The number of carbonyl (C=O) groups excluding carboxylic acids is 1. The zero-order valence-corrected chi connectivity index (χ0v) is 16.0. The van der Waals surface area contributed by atoms with Gasteiger partial charge < -0.3 is 9.88 Å². The van der Waals surface area contributed by atoms with Crippen molar-refractivity contribution in [2.24, 2.45) is 0 Å². The molecule has 0 spiro atoms. The molecule has 29 heavy (non-hydrogen) atoms. The van der Waals surface area contributed by atoms with Crippen molar-refractivity contribution in [2.45, 2.75) is 6.54 Å². The summed E-state index contributed by atoms with van der Waals surface area (Å²) in [6.45, 7) is 0.117. The van der Waals surface area contributed by atoms with Gasteiger partial charge in [0, 0.05) is 31.2 Å². The van der Waals surface area contributed by atoms with E-state index in [1.54, 1.807) is 30.6 Å². The minimum Gasteiger partial charge on any atom is -0.355 e. The van der Waals surface area contributed by atoms with Gasteiger partial charge in [-0.25, -0.2) is 4.39 Å². The Morgan fingerprint density at radius 2 is 2.14 bits per heavy atom. The first-order chi connectivity index (χ1) is 14.0. The SMILES string of the molecule is CNC(=O)c1cc(F)cc(Cn2ccc3cc(-c4c[nH]nc4Cl)ncc3c2=O)c1. The molecule has 0 saturated heterocycles. The van der Waals surface area contributed by atoms with Gasteiger partial charge in [0.1, 0.15) is 5.82 Å². The summed E-state index contributed by atoms with van der Waals surface area (Å²) in [5.74, 6) is -0.940. The fourth-order valence-electron chi connectivity index (χ4n) is 3.12. The average molecular weight is 412 g/mol. The normalized spacial score (nSPS) is 11.0. The Morgan fingerprint density at radius 3 is 2.86 bits per heavy atom. The second-order valence-corrected chi connectivity index (χ2v) is 6.78. The average Bonchev–Trinajstić information content (AvgIpc) is 3.14. The maximum atomic E-state index is 13.9. The van der Waals surface area contributed by atoms with Crippen LogP contribution >= 0.6 is 11.6 Å². The lowest BCUT2D eigenvalue weighted by molar-refractivity contribution is 0.0962. The number of aromatic nitrogens is 4. The zero-order valence-electron chi connectivity index (χ0n) is 15.2. The fourth-order valence-corrected chi connectivity index (χ4v) is 3.32. The summed E-state index contributed by atoms with van der Waals surface area (Å²) >= 11 is 6.02. The third-order valence-electron chi connectivity index (χ3n) is 4.53. The van der Waals surface area contributed by atoms with Crippen molar-refractivity contribution in [3.63, 3.8) is 0 Å². The molecular weight excluding hydrogens is 397 g/mol. The van der Waals surface area contributed by atoms with Crippen molar-refractivity contribution in [3.05, 3.63) is 81.4 Å². The van der Waals surface area contributed by atoms with Crippen LogP contribution in [0.3, 0.4) is 0 Å². The predicted molar refractivity (Wildman–Crippen MR) is 107 cm³/mol. The number of amides is 1. The third kappa shape index (κ3) is 3.62. The van der Waals surface area contributed by atoms with Gasteiger partial charge in [0.2, 0.25) is 0 Å². The highest BCUT2D eigenvalue weighted by Crippen LogP contribution is 2.25. The number of carbonyl (C=O) groups is 1. The molecule has 9 heteroatoms. The van der Waals surface area contributed by atoms with E-state index in [9.17, 15) is 14.0 Å². The van der Waals surface area contributed by atoms with Gasteiger partial charge in [0.25, 0.3) is 11.5 Å². The van der Waals surface area contributed by atoms with Crippen LogP contribution in [0.4, 0.5) is 4.39 Å². The maximum absolute atomic E-state index is 13.9. The number of rotatable bonds is 4. The molecule has 0 unspecified atom stereocenters. The smallest absolute Gasteiger partial charge is 0.260 e. The Bertz CT molecular complexity index is 1300. The van der Waals surface area contributed by atoms with Crippen LogP contribution < -0.4 is 10.9 Å². The van der Waals surface area contributed by atoms with Crippen molar-refractivity contribution in [1.29, 1.82) is 0 Å². The maximum Gasteiger partial charge on any atom is 0.260 e. The molecular formula is C20H15ClFN5O2. The van der Waals surface area contributed by atoms with Gasteiger partial charge in [0.05, 0.1) is 23.2 Å². The van der Waals surface area contributed by atoms with Crippen molar-refractivity contribution < 1.29 is 9.18 Å². The second kappa shape index (κ2) is 7.48. The van der Waals surface area contributed by atoms with Crippen LogP contribution in [0.5, 0.6) is 0 Å². The molecule has 4 rings (SSSR count). The summed E-state index contributed by atoms with van der Waals surface area (Å²) in [6.07, 6.45) is 4.73. The van der Waals surface area contributed by atoms with Gasteiger partial charge >= 0.3 is 0 Å². The first kappa shape index (κ1) is 18.8. The molecule has 0 bridgehead atoms. The molecule has 1 amide bonds. The highest BCUT2D eigenvalue weighted by molar-refractivity contribution is 6.32. The number of H-pyrrole nitrogens is 1. The van der Waals surface area contributed by atoms with E-state index < -0.39 is 11.7 Å². The monoisotopic (exact) mass is 411 g/mol. The van der Waals surface area contributed by atoms with E-state index >= 15 is 0 Å². The lowest BCUT2D eigenvalue weighted by Gasteiger charge is -2.10.